The van der Waals surface area contributed by atoms with E-state index in [-0.39, 0.29) is 0 Å². The third-order valence-electron chi connectivity index (χ3n) is 3.65. The first-order valence-corrected chi connectivity index (χ1v) is 8.93. The molecule has 1 atom stereocenters. The molecule has 2 aromatic rings. The van der Waals surface area contributed by atoms with E-state index in [0.717, 1.165) is 23.9 Å². The highest BCUT2D eigenvalue weighted by atomic mass is 79.9. The van der Waals surface area contributed by atoms with Crippen LogP contribution in [0, 0.1) is 6.92 Å². The first-order chi connectivity index (χ1) is 10.1. The fraction of sp³-hybridized carbons (Fsp3) is 0.333. The Balaban J connectivity index is 2.27. The van der Waals surface area contributed by atoms with Crippen LogP contribution in [-0.4, -0.2) is 6.54 Å². The van der Waals surface area contributed by atoms with Gasteiger partial charge in [0.2, 0.25) is 0 Å². The summed E-state index contributed by atoms with van der Waals surface area (Å²) >= 11 is 7.20. The number of halogens is 2. The summed E-state index contributed by atoms with van der Waals surface area (Å²) in [6.45, 7) is 5.42. The molecule has 0 saturated carbocycles. The van der Waals surface area contributed by atoms with Crippen LogP contribution in [0.5, 0.6) is 0 Å². The molecule has 0 aromatic heterocycles. The number of rotatable bonds is 6. The zero-order valence-electron chi connectivity index (χ0n) is 12.5. The maximum atomic E-state index is 3.69. The molecule has 112 valence electrons. The van der Waals surface area contributed by atoms with E-state index >= 15 is 0 Å². The van der Waals surface area contributed by atoms with Crippen molar-refractivity contribution < 1.29 is 0 Å². The Hall–Kier alpha value is -0.640. The average Bonchev–Trinajstić information content (AvgIpc) is 2.47. The number of benzene rings is 2. The van der Waals surface area contributed by atoms with Gasteiger partial charge in [0.15, 0.2) is 0 Å². The quantitative estimate of drug-likeness (QED) is 0.634. The minimum absolute atomic E-state index is 0.344. The van der Waals surface area contributed by atoms with Gasteiger partial charge in [0, 0.05) is 15.0 Å². The average molecular weight is 411 g/mol. The number of nitrogens with one attached hydrogen (secondary N) is 1. The summed E-state index contributed by atoms with van der Waals surface area (Å²) in [5.74, 6) is 0. The molecule has 1 unspecified atom stereocenters. The first kappa shape index (κ1) is 16.7. The monoisotopic (exact) mass is 409 g/mol. The Labute approximate surface area is 144 Å². The normalized spacial score (nSPS) is 12.4. The summed E-state index contributed by atoms with van der Waals surface area (Å²) in [5, 5.41) is 3.69. The molecule has 0 heterocycles. The van der Waals surface area contributed by atoms with Crippen LogP contribution in [0.15, 0.2) is 51.4 Å². The van der Waals surface area contributed by atoms with E-state index < -0.39 is 0 Å². The van der Waals surface area contributed by atoms with Crippen LogP contribution in [0.3, 0.4) is 0 Å². The molecule has 2 rings (SSSR count). The minimum Gasteiger partial charge on any atom is -0.310 e. The lowest BCUT2D eigenvalue weighted by Crippen LogP contribution is -2.25. The first-order valence-electron chi connectivity index (χ1n) is 7.34. The van der Waals surface area contributed by atoms with E-state index in [0.29, 0.717) is 6.04 Å². The van der Waals surface area contributed by atoms with Crippen LogP contribution in [0.1, 0.15) is 36.1 Å². The second kappa shape index (κ2) is 8.11. The molecule has 0 fully saturated rings. The third kappa shape index (κ3) is 4.67. The summed E-state index contributed by atoms with van der Waals surface area (Å²) in [6, 6.07) is 15.4. The molecule has 0 saturated heterocycles. The molecule has 0 aliphatic rings. The van der Waals surface area contributed by atoms with Crippen LogP contribution < -0.4 is 5.32 Å². The van der Waals surface area contributed by atoms with Crippen molar-refractivity contribution in [3.63, 3.8) is 0 Å². The van der Waals surface area contributed by atoms with Gasteiger partial charge < -0.3 is 5.32 Å². The van der Waals surface area contributed by atoms with Gasteiger partial charge >= 0.3 is 0 Å². The standard InChI is InChI=1S/C18H21Br2N/c1-3-10-21-18(12-14-6-4-7-15(19)11-14)16-8-5-9-17(20)13(16)2/h4-9,11,18,21H,3,10,12H2,1-2H3. The molecule has 0 spiro atoms. The van der Waals surface area contributed by atoms with E-state index in [1.807, 2.05) is 0 Å². The second-order valence-corrected chi connectivity index (χ2v) is 7.06. The lowest BCUT2D eigenvalue weighted by atomic mass is 9.95. The lowest BCUT2D eigenvalue weighted by molar-refractivity contribution is 0.527. The van der Waals surface area contributed by atoms with Crippen LogP contribution >= 0.6 is 31.9 Å². The van der Waals surface area contributed by atoms with Crippen molar-refractivity contribution in [1.82, 2.24) is 5.32 Å². The van der Waals surface area contributed by atoms with Crippen LogP contribution in [0.4, 0.5) is 0 Å². The van der Waals surface area contributed by atoms with Gasteiger partial charge in [-0.05, 0) is 61.2 Å². The molecule has 1 N–H and O–H groups in total. The minimum atomic E-state index is 0.344. The van der Waals surface area contributed by atoms with Gasteiger partial charge in [0.25, 0.3) is 0 Å². The van der Waals surface area contributed by atoms with E-state index in [1.165, 1.54) is 21.2 Å². The SMILES string of the molecule is CCCNC(Cc1cccc(Br)c1)c1cccc(Br)c1C. The van der Waals surface area contributed by atoms with E-state index in [4.69, 9.17) is 0 Å². The molecule has 0 amide bonds. The Morgan fingerprint density at radius 3 is 2.57 bits per heavy atom. The summed E-state index contributed by atoms with van der Waals surface area (Å²) in [6.07, 6.45) is 2.14. The van der Waals surface area contributed by atoms with Crippen molar-refractivity contribution in [2.75, 3.05) is 6.54 Å². The van der Waals surface area contributed by atoms with Gasteiger partial charge in [-0.3, -0.25) is 0 Å². The fourth-order valence-electron chi connectivity index (χ4n) is 2.51. The van der Waals surface area contributed by atoms with Crippen LogP contribution in [0.25, 0.3) is 0 Å². The Kier molecular flexibility index (Phi) is 6.46. The predicted molar refractivity (Wildman–Crippen MR) is 97.8 cm³/mol. The maximum Gasteiger partial charge on any atom is 0.0363 e. The van der Waals surface area contributed by atoms with Crippen molar-refractivity contribution in [2.24, 2.45) is 0 Å². The smallest absolute Gasteiger partial charge is 0.0363 e. The Morgan fingerprint density at radius 2 is 1.86 bits per heavy atom. The molecule has 3 heteroatoms. The highest BCUT2D eigenvalue weighted by molar-refractivity contribution is 9.10. The number of hydrogen-bond donors (Lipinski definition) is 1. The topological polar surface area (TPSA) is 12.0 Å². The predicted octanol–water partition coefficient (Wildman–Crippen LogP) is 5.80. The third-order valence-corrected chi connectivity index (χ3v) is 5.01. The van der Waals surface area contributed by atoms with Gasteiger partial charge in [0.05, 0.1) is 0 Å². The van der Waals surface area contributed by atoms with Gasteiger partial charge in [-0.25, -0.2) is 0 Å². The number of hydrogen-bond acceptors (Lipinski definition) is 1. The lowest BCUT2D eigenvalue weighted by Gasteiger charge is -2.22. The highest BCUT2D eigenvalue weighted by Crippen LogP contribution is 2.27. The van der Waals surface area contributed by atoms with E-state index in [1.54, 1.807) is 0 Å². The second-order valence-electron chi connectivity index (χ2n) is 5.29. The van der Waals surface area contributed by atoms with Gasteiger partial charge in [-0.2, -0.15) is 0 Å². The Morgan fingerprint density at radius 1 is 1.10 bits per heavy atom. The molecular formula is C18H21Br2N. The van der Waals surface area contributed by atoms with Crippen molar-refractivity contribution >= 4 is 31.9 Å². The summed E-state index contributed by atoms with van der Waals surface area (Å²) in [5.41, 5.74) is 4.04. The van der Waals surface area contributed by atoms with Crippen molar-refractivity contribution in [3.05, 3.63) is 68.1 Å². The molecule has 21 heavy (non-hydrogen) atoms. The van der Waals surface area contributed by atoms with Gasteiger partial charge in [-0.1, -0.05) is 63.0 Å². The maximum absolute atomic E-state index is 3.69. The van der Waals surface area contributed by atoms with E-state index in [2.05, 4.69) is 93.5 Å². The fourth-order valence-corrected chi connectivity index (χ4v) is 3.34. The molecular weight excluding hydrogens is 390 g/mol. The van der Waals surface area contributed by atoms with Crippen molar-refractivity contribution in [3.8, 4) is 0 Å². The van der Waals surface area contributed by atoms with Gasteiger partial charge in [0.1, 0.15) is 0 Å². The molecule has 0 bridgehead atoms. The summed E-state index contributed by atoms with van der Waals surface area (Å²) < 4.78 is 2.32. The molecule has 2 aromatic carbocycles. The zero-order valence-corrected chi connectivity index (χ0v) is 15.7. The van der Waals surface area contributed by atoms with Gasteiger partial charge in [-0.15, -0.1) is 0 Å². The van der Waals surface area contributed by atoms with E-state index in [9.17, 15) is 0 Å². The Bertz CT molecular complexity index is 596. The van der Waals surface area contributed by atoms with Crippen molar-refractivity contribution in [1.29, 1.82) is 0 Å². The zero-order chi connectivity index (χ0) is 15.2. The summed E-state index contributed by atoms with van der Waals surface area (Å²) in [7, 11) is 0. The molecule has 0 aliphatic carbocycles. The molecule has 0 aliphatic heterocycles. The highest BCUT2D eigenvalue weighted by Gasteiger charge is 2.15. The van der Waals surface area contributed by atoms with Crippen molar-refractivity contribution in [2.45, 2.75) is 32.7 Å². The molecule has 0 radical (unpaired) electrons. The van der Waals surface area contributed by atoms with Crippen LogP contribution in [0.2, 0.25) is 0 Å². The largest absolute Gasteiger partial charge is 0.310 e. The molecule has 1 nitrogen and oxygen atoms in total. The van der Waals surface area contributed by atoms with Crippen LogP contribution in [-0.2, 0) is 6.42 Å². The summed E-state index contributed by atoms with van der Waals surface area (Å²) in [4.78, 5) is 0.